The zero-order chi connectivity index (χ0) is 21.8. The number of nitrogens with zero attached hydrogens (tertiary/aromatic N) is 2. The Bertz CT molecular complexity index is 991. The number of methoxy groups -OCH3 is 1. The van der Waals surface area contributed by atoms with Crippen LogP contribution in [0.2, 0.25) is 0 Å². The maximum absolute atomic E-state index is 13.2. The molecule has 1 fully saturated rings. The zero-order valence-corrected chi connectivity index (χ0v) is 20.2. The molecule has 0 aromatic heterocycles. The Kier molecular flexibility index (Phi) is 7.19. The van der Waals surface area contributed by atoms with Crippen LogP contribution in [0, 0.1) is 3.57 Å². The third-order valence-corrected chi connectivity index (χ3v) is 5.77. The number of thiocarbonyl (C=S) groups is 1. The number of carbonyl (C=O) groups excluding carboxylic acids is 1. The summed E-state index contributed by atoms with van der Waals surface area (Å²) in [5, 5.41) is 0.419. The molecule has 158 valence electrons. The Balaban J connectivity index is 1.95. The van der Waals surface area contributed by atoms with Crippen LogP contribution in [0.15, 0.2) is 42.1 Å². The molecule has 6 nitrogen and oxygen atoms in total. The van der Waals surface area contributed by atoms with E-state index in [-0.39, 0.29) is 5.91 Å². The smallest absolute Gasteiger partial charge is 0.281 e. The molecule has 1 heterocycles. The van der Waals surface area contributed by atoms with Crippen LogP contribution in [0.25, 0.3) is 6.08 Å². The Hall–Kier alpha value is -2.33. The summed E-state index contributed by atoms with van der Waals surface area (Å²) in [5.41, 5.74) is 2.00. The molecule has 3 rings (SSSR count). The first-order valence-corrected chi connectivity index (χ1v) is 11.0. The van der Waals surface area contributed by atoms with Gasteiger partial charge in [-0.15, -0.1) is 0 Å². The van der Waals surface area contributed by atoms with Gasteiger partial charge in [0, 0.05) is 7.05 Å². The van der Waals surface area contributed by atoms with E-state index in [4.69, 9.17) is 26.4 Å². The van der Waals surface area contributed by atoms with Crippen molar-refractivity contribution in [1.82, 2.24) is 4.90 Å². The van der Waals surface area contributed by atoms with E-state index in [2.05, 4.69) is 22.6 Å². The number of amides is 1. The fourth-order valence-corrected chi connectivity index (χ4v) is 4.18. The van der Waals surface area contributed by atoms with Crippen molar-refractivity contribution < 1.29 is 19.0 Å². The summed E-state index contributed by atoms with van der Waals surface area (Å²) in [5.74, 6) is 1.88. The van der Waals surface area contributed by atoms with Gasteiger partial charge in [-0.25, -0.2) is 0 Å². The summed E-state index contributed by atoms with van der Waals surface area (Å²) in [4.78, 5) is 16.4. The molecule has 0 spiro atoms. The van der Waals surface area contributed by atoms with Crippen LogP contribution >= 0.6 is 34.8 Å². The fraction of sp³-hybridized carbons (Fsp3) is 0.273. The lowest BCUT2D eigenvalue weighted by Gasteiger charge is -2.16. The highest BCUT2D eigenvalue weighted by Gasteiger charge is 2.36. The maximum atomic E-state index is 13.2. The van der Waals surface area contributed by atoms with Gasteiger partial charge in [-0.05, 0) is 96.7 Å². The van der Waals surface area contributed by atoms with Crippen molar-refractivity contribution in [2.24, 2.45) is 0 Å². The number of halogens is 1. The lowest BCUT2D eigenvalue weighted by molar-refractivity contribution is -0.114. The number of hydrogen-bond donors (Lipinski definition) is 0. The molecule has 1 amide bonds. The standard InChI is InChI=1S/C22H23IN2O4S/c1-5-28-16-9-7-15(8-10-16)25-21(26)18(24(3)22(25)30)12-14-11-17(23)20(29-6-2)19(13-14)27-4/h7-13H,5-6H2,1-4H3/b18-12-. The number of benzene rings is 2. The van der Waals surface area contributed by atoms with E-state index < -0.39 is 0 Å². The van der Waals surface area contributed by atoms with Gasteiger partial charge >= 0.3 is 0 Å². The minimum absolute atomic E-state index is 0.186. The Morgan fingerprint density at radius 3 is 2.37 bits per heavy atom. The van der Waals surface area contributed by atoms with Crippen LogP contribution in [-0.4, -0.2) is 43.3 Å². The van der Waals surface area contributed by atoms with E-state index in [1.807, 2.05) is 56.3 Å². The van der Waals surface area contributed by atoms with E-state index >= 15 is 0 Å². The van der Waals surface area contributed by atoms with Crippen LogP contribution in [0.4, 0.5) is 5.69 Å². The first-order valence-electron chi connectivity index (χ1n) is 9.48. The van der Waals surface area contributed by atoms with E-state index in [0.29, 0.717) is 41.2 Å². The third kappa shape index (κ3) is 4.39. The topological polar surface area (TPSA) is 51.2 Å². The second-order valence-electron chi connectivity index (χ2n) is 6.41. The number of likely N-dealkylation sites (N-methyl/N-ethyl adjacent to an activating group) is 1. The zero-order valence-electron chi connectivity index (χ0n) is 17.3. The second-order valence-corrected chi connectivity index (χ2v) is 7.93. The molecule has 2 aromatic carbocycles. The molecule has 0 bridgehead atoms. The minimum Gasteiger partial charge on any atom is -0.494 e. The predicted octanol–water partition coefficient (Wildman–Crippen LogP) is 4.70. The summed E-state index contributed by atoms with van der Waals surface area (Å²) in [6.07, 6.45) is 1.81. The van der Waals surface area contributed by atoms with E-state index in [9.17, 15) is 4.79 Å². The van der Waals surface area contributed by atoms with Gasteiger partial charge in [0.1, 0.15) is 11.4 Å². The highest BCUT2D eigenvalue weighted by Crippen LogP contribution is 2.36. The van der Waals surface area contributed by atoms with Crippen molar-refractivity contribution in [3.8, 4) is 17.2 Å². The molecule has 0 unspecified atom stereocenters. The normalized spacial score (nSPS) is 15.2. The number of carbonyl (C=O) groups is 1. The number of ether oxygens (including phenoxy) is 3. The van der Waals surface area contributed by atoms with Gasteiger partial charge in [0.15, 0.2) is 16.6 Å². The summed E-state index contributed by atoms with van der Waals surface area (Å²) in [6, 6.07) is 11.1. The van der Waals surface area contributed by atoms with Crippen molar-refractivity contribution in [3.05, 3.63) is 51.2 Å². The molecular weight excluding hydrogens is 515 g/mol. The van der Waals surface area contributed by atoms with Crippen LogP contribution in [0.3, 0.4) is 0 Å². The Morgan fingerprint density at radius 1 is 1.10 bits per heavy atom. The van der Waals surface area contributed by atoms with Crippen molar-refractivity contribution in [3.63, 3.8) is 0 Å². The number of rotatable bonds is 7. The SMILES string of the molecule is CCOc1ccc(N2C(=O)/C(=C/c3cc(I)c(OCC)c(OC)c3)N(C)C2=S)cc1. The van der Waals surface area contributed by atoms with Crippen LogP contribution in [-0.2, 0) is 4.79 Å². The largest absolute Gasteiger partial charge is 0.494 e. The van der Waals surface area contributed by atoms with Crippen molar-refractivity contribution >= 4 is 57.6 Å². The molecule has 30 heavy (non-hydrogen) atoms. The maximum Gasteiger partial charge on any atom is 0.281 e. The highest BCUT2D eigenvalue weighted by atomic mass is 127. The first-order chi connectivity index (χ1) is 14.4. The lowest BCUT2D eigenvalue weighted by Crippen LogP contribution is -2.31. The second kappa shape index (κ2) is 9.65. The van der Waals surface area contributed by atoms with Crippen LogP contribution in [0.1, 0.15) is 19.4 Å². The van der Waals surface area contributed by atoms with E-state index in [1.54, 1.807) is 19.1 Å². The van der Waals surface area contributed by atoms with E-state index in [0.717, 1.165) is 14.9 Å². The quantitative estimate of drug-likeness (QED) is 0.290. The van der Waals surface area contributed by atoms with Crippen LogP contribution in [0.5, 0.6) is 17.2 Å². The van der Waals surface area contributed by atoms with Crippen molar-refractivity contribution in [2.45, 2.75) is 13.8 Å². The minimum atomic E-state index is -0.186. The molecule has 1 aliphatic rings. The van der Waals surface area contributed by atoms with Crippen molar-refractivity contribution in [1.29, 1.82) is 0 Å². The average Bonchev–Trinajstić information content (AvgIpc) is 2.94. The summed E-state index contributed by atoms with van der Waals surface area (Å²) < 4.78 is 17.5. The summed E-state index contributed by atoms with van der Waals surface area (Å²) >= 11 is 7.74. The van der Waals surface area contributed by atoms with Gasteiger partial charge in [0.05, 0.1) is 29.6 Å². The molecule has 2 aromatic rings. The average molecular weight is 538 g/mol. The van der Waals surface area contributed by atoms with Crippen LogP contribution < -0.4 is 19.1 Å². The first kappa shape index (κ1) is 22.4. The Labute approximate surface area is 195 Å². The molecule has 0 aliphatic carbocycles. The van der Waals surface area contributed by atoms with Gasteiger partial charge in [-0.3, -0.25) is 9.69 Å². The number of anilines is 1. The van der Waals surface area contributed by atoms with Gasteiger partial charge < -0.3 is 19.1 Å². The summed E-state index contributed by atoms with van der Waals surface area (Å²) in [6.45, 7) is 4.98. The van der Waals surface area contributed by atoms with Gasteiger partial charge in [0.2, 0.25) is 0 Å². The third-order valence-electron chi connectivity index (χ3n) is 4.51. The Morgan fingerprint density at radius 2 is 1.77 bits per heavy atom. The predicted molar refractivity (Wildman–Crippen MR) is 130 cm³/mol. The van der Waals surface area contributed by atoms with E-state index in [1.165, 1.54) is 4.90 Å². The molecule has 0 atom stereocenters. The summed E-state index contributed by atoms with van der Waals surface area (Å²) in [7, 11) is 3.39. The van der Waals surface area contributed by atoms with Gasteiger partial charge in [-0.2, -0.15) is 0 Å². The number of hydrogen-bond acceptors (Lipinski definition) is 5. The molecular formula is C22H23IN2O4S. The lowest BCUT2D eigenvalue weighted by atomic mass is 10.1. The fourth-order valence-electron chi connectivity index (χ4n) is 3.11. The monoisotopic (exact) mass is 538 g/mol. The highest BCUT2D eigenvalue weighted by molar-refractivity contribution is 14.1. The molecule has 0 saturated carbocycles. The molecule has 0 N–H and O–H groups in total. The molecule has 1 aliphatic heterocycles. The van der Waals surface area contributed by atoms with Crippen molar-refractivity contribution in [2.75, 3.05) is 32.3 Å². The van der Waals surface area contributed by atoms with Gasteiger partial charge in [0.25, 0.3) is 5.91 Å². The molecule has 0 radical (unpaired) electrons. The molecule has 8 heteroatoms. The van der Waals surface area contributed by atoms with Gasteiger partial charge in [-0.1, -0.05) is 0 Å². The molecule has 1 saturated heterocycles.